The SMILES string of the molecule is Cl.c1cncc(C2CCCCN2Cc2ccc3c(c2)OCO3)c1. The molecule has 1 fully saturated rings. The average molecular weight is 333 g/mol. The van der Waals surface area contributed by atoms with Crippen LogP contribution in [0.25, 0.3) is 0 Å². The van der Waals surface area contributed by atoms with Gasteiger partial charge in [0.2, 0.25) is 6.79 Å². The molecule has 4 rings (SSSR count). The third-order valence-corrected chi connectivity index (χ3v) is 4.51. The predicted octanol–water partition coefficient (Wildman–Crippen LogP) is 3.96. The number of aromatic nitrogens is 1. The highest BCUT2D eigenvalue weighted by molar-refractivity contribution is 5.85. The van der Waals surface area contributed by atoms with Gasteiger partial charge in [-0.1, -0.05) is 18.6 Å². The molecule has 5 heteroatoms. The Morgan fingerprint density at radius 3 is 2.91 bits per heavy atom. The molecule has 0 saturated carbocycles. The van der Waals surface area contributed by atoms with E-state index in [0.717, 1.165) is 24.6 Å². The summed E-state index contributed by atoms with van der Waals surface area (Å²) in [7, 11) is 0. The van der Waals surface area contributed by atoms with Gasteiger partial charge < -0.3 is 9.47 Å². The van der Waals surface area contributed by atoms with Gasteiger partial charge in [0.1, 0.15) is 0 Å². The molecule has 1 aromatic heterocycles. The molecule has 23 heavy (non-hydrogen) atoms. The van der Waals surface area contributed by atoms with Crippen molar-refractivity contribution in [2.24, 2.45) is 0 Å². The number of rotatable bonds is 3. The molecular formula is C18H21ClN2O2. The number of nitrogens with zero attached hydrogens (tertiary/aromatic N) is 2. The van der Waals surface area contributed by atoms with E-state index in [1.165, 1.54) is 30.4 Å². The second-order valence-corrected chi connectivity index (χ2v) is 5.96. The van der Waals surface area contributed by atoms with Crippen LogP contribution in [-0.2, 0) is 6.54 Å². The number of fused-ring (bicyclic) bond motifs is 1. The number of benzene rings is 1. The Bertz CT molecular complexity index is 651. The molecule has 0 N–H and O–H groups in total. The lowest BCUT2D eigenvalue weighted by Gasteiger charge is -2.36. The maximum Gasteiger partial charge on any atom is 0.231 e. The van der Waals surface area contributed by atoms with Crippen LogP contribution in [0.4, 0.5) is 0 Å². The summed E-state index contributed by atoms with van der Waals surface area (Å²) < 4.78 is 10.9. The van der Waals surface area contributed by atoms with Crippen molar-refractivity contribution in [3.05, 3.63) is 53.9 Å². The monoisotopic (exact) mass is 332 g/mol. The summed E-state index contributed by atoms with van der Waals surface area (Å²) in [4.78, 5) is 6.84. The molecule has 1 atom stereocenters. The number of halogens is 1. The van der Waals surface area contributed by atoms with Crippen LogP contribution in [-0.4, -0.2) is 23.2 Å². The van der Waals surface area contributed by atoms with Crippen LogP contribution in [0.1, 0.15) is 36.4 Å². The van der Waals surface area contributed by atoms with Crippen molar-refractivity contribution in [3.8, 4) is 11.5 Å². The number of piperidine rings is 1. The molecule has 122 valence electrons. The Labute approximate surface area is 142 Å². The highest BCUT2D eigenvalue weighted by Gasteiger charge is 2.24. The van der Waals surface area contributed by atoms with Gasteiger partial charge in [0.15, 0.2) is 11.5 Å². The van der Waals surface area contributed by atoms with E-state index in [0.29, 0.717) is 12.8 Å². The fraction of sp³-hybridized carbons (Fsp3) is 0.389. The van der Waals surface area contributed by atoms with Crippen LogP contribution >= 0.6 is 12.4 Å². The maximum absolute atomic E-state index is 5.49. The van der Waals surface area contributed by atoms with Gasteiger partial charge in [0, 0.05) is 25.0 Å². The quantitative estimate of drug-likeness (QED) is 0.852. The molecule has 2 aliphatic rings. The molecule has 2 aromatic rings. The lowest BCUT2D eigenvalue weighted by atomic mass is 9.96. The largest absolute Gasteiger partial charge is 0.454 e. The Hall–Kier alpha value is -1.78. The van der Waals surface area contributed by atoms with E-state index in [2.05, 4.69) is 28.1 Å². The van der Waals surface area contributed by atoms with Crippen LogP contribution in [0, 0.1) is 0 Å². The zero-order chi connectivity index (χ0) is 14.8. The summed E-state index contributed by atoms with van der Waals surface area (Å²) in [5.41, 5.74) is 2.60. The first-order chi connectivity index (χ1) is 10.9. The van der Waals surface area contributed by atoms with Gasteiger partial charge in [0.25, 0.3) is 0 Å². The molecule has 0 bridgehead atoms. The molecule has 3 heterocycles. The van der Waals surface area contributed by atoms with E-state index in [1.54, 1.807) is 0 Å². The molecule has 0 amide bonds. The van der Waals surface area contributed by atoms with E-state index in [-0.39, 0.29) is 12.4 Å². The van der Waals surface area contributed by atoms with Crippen molar-refractivity contribution >= 4 is 12.4 Å². The van der Waals surface area contributed by atoms with Gasteiger partial charge in [-0.25, -0.2) is 0 Å². The Balaban J connectivity index is 0.00000156. The number of ether oxygens (including phenoxy) is 2. The van der Waals surface area contributed by atoms with E-state index in [4.69, 9.17) is 9.47 Å². The van der Waals surface area contributed by atoms with Crippen molar-refractivity contribution in [1.82, 2.24) is 9.88 Å². The lowest BCUT2D eigenvalue weighted by Crippen LogP contribution is -2.32. The van der Waals surface area contributed by atoms with E-state index in [1.807, 2.05) is 24.5 Å². The summed E-state index contributed by atoms with van der Waals surface area (Å²) in [5.74, 6) is 1.72. The first-order valence-corrected chi connectivity index (χ1v) is 7.93. The number of hydrogen-bond donors (Lipinski definition) is 0. The van der Waals surface area contributed by atoms with E-state index >= 15 is 0 Å². The molecular weight excluding hydrogens is 312 g/mol. The molecule has 1 aromatic carbocycles. The van der Waals surface area contributed by atoms with E-state index < -0.39 is 0 Å². The average Bonchev–Trinajstić information content (AvgIpc) is 3.04. The number of likely N-dealkylation sites (tertiary alicyclic amines) is 1. The minimum absolute atomic E-state index is 0. The van der Waals surface area contributed by atoms with E-state index in [9.17, 15) is 0 Å². The zero-order valence-corrected chi connectivity index (χ0v) is 13.8. The van der Waals surface area contributed by atoms with Crippen molar-refractivity contribution in [2.75, 3.05) is 13.3 Å². The summed E-state index contributed by atoms with van der Waals surface area (Å²) in [6, 6.07) is 11.0. The molecule has 1 unspecified atom stereocenters. The minimum Gasteiger partial charge on any atom is -0.454 e. The fourth-order valence-corrected chi connectivity index (χ4v) is 3.40. The van der Waals surface area contributed by atoms with Crippen molar-refractivity contribution < 1.29 is 9.47 Å². The fourth-order valence-electron chi connectivity index (χ4n) is 3.40. The van der Waals surface area contributed by atoms with Crippen molar-refractivity contribution in [3.63, 3.8) is 0 Å². The van der Waals surface area contributed by atoms with Crippen LogP contribution in [0.15, 0.2) is 42.7 Å². The van der Waals surface area contributed by atoms with Crippen LogP contribution in [0.3, 0.4) is 0 Å². The summed E-state index contributed by atoms with van der Waals surface area (Å²) >= 11 is 0. The van der Waals surface area contributed by atoms with Gasteiger partial charge in [-0.15, -0.1) is 12.4 Å². The summed E-state index contributed by atoms with van der Waals surface area (Å²) in [5, 5.41) is 0. The van der Waals surface area contributed by atoms with Crippen molar-refractivity contribution in [2.45, 2.75) is 31.8 Å². The molecule has 0 aliphatic carbocycles. The lowest BCUT2D eigenvalue weighted by molar-refractivity contribution is 0.140. The normalized spacial score (nSPS) is 20.1. The molecule has 2 aliphatic heterocycles. The summed E-state index contributed by atoms with van der Waals surface area (Å²) in [6.07, 6.45) is 7.60. The van der Waals surface area contributed by atoms with Crippen LogP contribution in [0.2, 0.25) is 0 Å². The smallest absolute Gasteiger partial charge is 0.231 e. The van der Waals surface area contributed by atoms with Gasteiger partial charge in [-0.05, 0) is 48.7 Å². The first-order valence-electron chi connectivity index (χ1n) is 7.93. The Morgan fingerprint density at radius 1 is 1.13 bits per heavy atom. The molecule has 1 saturated heterocycles. The first kappa shape index (κ1) is 16.1. The molecule has 4 nitrogen and oxygen atoms in total. The highest BCUT2D eigenvalue weighted by Crippen LogP contribution is 2.35. The number of pyridine rings is 1. The van der Waals surface area contributed by atoms with Crippen LogP contribution < -0.4 is 9.47 Å². The third-order valence-electron chi connectivity index (χ3n) is 4.51. The standard InChI is InChI=1S/C18H20N2O2.ClH/c1-2-9-20(16(5-1)15-4-3-8-19-11-15)12-14-6-7-17-18(10-14)22-13-21-17;/h3-4,6-8,10-11,16H,1-2,5,9,12-13H2;1H. The Kier molecular flexibility index (Phi) is 5.03. The third kappa shape index (κ3) is 3.43. The van der Waals surface area contributed by atoms with Gasteiger partial charge in [-0.3, -0.25) is 9.88 Å². The summed E-state index contributed by atoms with van der Waals surface area (Å²) in [6.45, 7) is 2.41. The minimum atomic E-state index is 0. The van der Waals surface area contributed by atoms with Gasteiger partial charge in [0.05, 0.1) is 0 Å². The highest BCUT2D eigenvalue weighted by atomic mass is 35.5. The van der Waals surface area contributed by atoms with Gasteiger partial charge in [-0.2, -0.15) is 0 Å². The maximum atomic E-state index is 5.49. The Morgan fingerprint density at radius 2 is 2.04 bits per heavy atom. The predicted molar refractivity (Wildman–Crippen MR) is 91.1 cm³/mol. The molecule has 0 radical (unpaired) electrons. The molecule has 0 spiro atoms. The zero-order valence-electron chi connectivity index (χ0n) is 13.0. The second-order valence-electron chi connectivity index (χ2n) is 5.96. The second kappa shape index (κ2) is 7.20. The van der Waals surface area contributed by atoms with Crippen molar-refractivity contribution in [1.29, 1.82) is 0 Å². The van der Waals surface area contributed by atoms with Gasteiger partial charge >= 0.3 is 0 Å². The number of hydrogen-bond acceptors (Lipinski definition) is 4. The topological polar surface area (TPSA) is 34.6 Å². The van der Waals surface area contributed by atoms with Crippen LogP contribution in [0.5, 0.6) is 11.5 Å².